The molecule has 0 atom stereocenters. The van der Waals surface area contributed by atoms with E-state index >= 15 is 0 Å². The normalized spacial score (nSPS) is 10.4. The molecule has 1 N–H and O–H groups in total. The largest absolute Gasteiger partial charge is 0.478 e. The number of carboxylic acids is 1. The number of carbonyl (C=O) groups is 1. The number of aromatic carboxylic acids is 1. The average molecular weight is 252 g/mol. The standard InChI is InChI=1S/C13H7F3O2/c14-7-1-3-9(11(6-7)13(17)18)10-5-8(15)2-4-12(10)16/h1-6H,(H,17,18). The highest BCUT2D eigenvalue weighted by atomic mass is 19.1. The Hall–Kier alpha value is -2.30. The van der Waals surface area contributed by atoms with Crippen molar-refractivity contribution >= 4 is 5.97 Å². The summed E-state index contributed by atoms with van der Waals surface area (Å²) in [5, 5.41) is 8.93. The van der Waals surface area contributed by atoms with Gasteiger partial charge in [0.15, 0.2) is 0 Å². The molecule has 0 unspecified atom stereocenters. The summed E-state index contributed by atoms with van der Waals surface area (Å²) in [7, 11) is 0. The third-order valence-corrected chi connectivity index (χ3v) is 2.43. The fourth-order valence-electron chi connectivity index (χ4n) is 1.63. The van der Waals surface area contributed by atoms with Crippen LogP contribution in [0.5, 0.6) is 0 Å². The lowest BCUT2D eigenvalue weighted by atomic mass is 9.99. The maximum atomic E-state index is 13.5. The quantitative estimate of drug-likeness (QED) is 0.888. The van der Waals surface area contributed by atoms with Gasteiger partial charge in [0.2, 0.25) is 0 Å². The molecule has 0 spiro atoms. The molecule has 0 aliphatic carbocycles. The molecule has 18 heavy (non-hydrogen) atoms. The molecule has 2 rings (SSSR count). The highest BCUT2D eigenvalue weighted by Gasteiger charge is 2.16. The van der Waals surface area contributed by atoms with Gasteiger partial charge >= 0.3 is 5.97 Å². The van der Waals surface area contributed by atoms with Crippen LogP contribution in [0, 0.1) is 17.5 Å². The van der Waals surface area contributed by atoms with Gasteiger partial charge in [-0.05, 0) is 35.9 Å². The van der Waals surface area contributed by atoms with Crippen LogP contribution >= 0.6 is 0 Å². The zero-order valence-corrected chi connectivity index (χ0v) is 8.95. The number of hydrogen-bond acceptors (Lipinski definition) is 1. The molecule has 92 valence electrons. The Morgan fingerprint density at radius 1 is 0.889 bits per heavy atom. The van der Waals surface area contributed by atoms with Crippen molar-refractivity contribution in [3.05, 3.63) is 59.4 Å². The summed E-state index contributed by atoms with van der Waals surface area (Å²) in [5.74, 6) is -3.64. The molecule has 0 bridgehead atoms. The molecule has 0 aliphatic rings. The van der Waals surface area contributed by atoms with E-state index in [1.165, 1.54) is 0 Å². The molecule has 2 aromatic rings. The summed E-state index contributed by atoms with van der Waals surface area (Å²) in [6.45, 7) is 0. The van der Waals surface area contributed by atoms with Crippen molar-refractivity contribution < 1.29 is 23.1 Å². The van der Waals surface area contributed by atoms with Crippen LogP contribution in [0.15, 0.2) is 36.4 Å². The molecule has 0 fully saturated rings. The van der Waals surface area contributed by atoms with Crippen LogP contribution in [0.25, 0.3) is 11.1 Å². The number of halogens is 3. The highest BCUT2D eigenvalue weighted by molar-refractivity contribution is 5.96. The van der Waals surface area contributed by atoms with E-state index in [2.05, 4.69) is 0 Å². The zero-order valence-electron chi connectivity index (χ0n) is 8.95. The lowest BCUT2D eigenvalue weighted by molar-refractivity contribution is 0.0697. The van der Waals surface area contributed by atoms with Crippen molar-refractivity contribution in [1.82, 2.24) is 0 Å². The van der Waals surface area contributed by atoms with E-state index in [-0.39, 0.29) is 11.1 Å². The van der Waals surface area contributed by atoms with E-state index in [4.69, 9.17) is 5.11 Å². The van der Waals surface area contributed by atoms with Crippen molar-refractivity contribution in [2.75, 3.05) is 0 Å². The Balaban J connectivity index is 2.70. The van der Waals surface area contributed by atoms with E-state index in [0.717, 1.165) is 36.4 Å². The summed E-state index contributed by atoms with van der Waals surface area (Å²) in [5.41, 5.74) is -0.701. The molecule has 0 aromatic heterocycles. The molecule has 0 saturated heterocycles. The Kier molecular flexibility index (Phi) is 3.06. The minimum Gasteiger partial charge on any atom is -0.478 e. The van der Waals surface area contributed by atoms with Crippen LogP contribution in [0.3, 0.4) is 0 Å². The first-order valence-corrected chi connectivity index (χ1v) is 4.97. The molecule has 0 heterocycles. The second-order valence-electron chi connectivity index (χ2n) is 3.62. The van der Waals surface area contributed by atoms with Crippen molar-refractivity contribution in [3.63, 3.8) is 0 Å². The third-order valence-electron chi connectivity index (χ3n) is 2.43. The summed E-state index contributed by atoms with van der Waals surface area (Å²) >= 11 is 0. The summed E-state index contributed by atoms with van der Waals surface area (Å²) < 4.78 is 39.6. The van der Waals surface area contributed by atoms with Gasteiger partial charge in [0.25, 0.3) is 0 Å². The van der Waals surface area contributed by atoms with Gasteiger partial charge in [0.1, 0.15) is 17.5 Å². The van der Waals surface area contributed by atoms with Crippen molar-refractivity contribution in [2.45, 2.75) is 0 Å². The fourth-order valence-corrected chi connectivity index (χ4v) is 1.63. The number of rotatable bonds is 2. The van der Waals surface area contributed by atoms with Crippen LogP contribution in [0.4, 0.5) is 13.2 Å². The summed E-state index contributed by atoms with van der Waals surface area (Å²) in [6, 6.07) is 5.54. The maximum absolute atomic E-state index is 13.5. The van der Waals surface area contributed by atoms with Crippen LogP contribution in [0.2, 0.25) is 0 Å². The SMILES string of the molecule is O=C(O)c1cc(F)ccc1-c1cc(F)ccc1F. The predicted molar refractivity (Wildman–Crippen MR) is 58.7 cm³/mol. The monoisotopic (exact) mass is 252 g/mol. The topological polar surface area (TPSA) is 37.3 Å². The molecular weight excluding hydrogens is 245 g/mol. The van der Waals surface area contributed by atoms with Gasteiger partial charge in [0.05, 0.1) is 5.56 Å². The molecule has 0 saturated carbocycles. The van der Waals surface area contributed by atoms with E-state index in [9.17, 15) is 18.0 Å². The van der Waals surface area contributed by atoms with E-state index < -0.39 is 29.0 Å². The zero-order chi connectivity index (χ0) is 13.3. The molecule has 0 radical (unpaired) electrons. The number of carboxylic acid groups (broad SMARTS) is 1. The Morgan fingerprint density at radius 2 is 1.50 bits per heavy atom. The molecular formula is C13H7F3O2. The second kappa shape index (κ2) is 4.52. The maximum Gasteiger partial charge on any atom is 0.336 e. The minimum atomic E-state index is -1.41. The fraction of sp³-hybridized carbons (Fsp3) is 0. The molecule has 2 nitrogen and oxygen atoms in total. The van der Waals surface area contributed by atoms with Gasteiger partial charge in [-0.2, -0.15) is 0 Å². The Morgan fingerprint density at radius 3 is 2.17 bits per heavy atom. The van der Waals surface area contributed by atoms with Gasteiger partial charge in [-0.25, -0.2) is 18.0 Å². The van der Waals surface area contributed by atoms with Crippen LogP contribution in [-0.4, -0.2) is 11.1 Å². The Labute approximate surface area is 100 Å². The van der Waals surface area contributed by atoms with Crippen molar-refractivity contribution in [3.8, 4) is 11.1 Å². The molecule has 2 aromatic carbocycles. The van der Waals surface area contributed by atoms with Gasteiger partial charge < -0.3 is 5.11 Å². The third kappa shape index (κ3) is 2.20. The summed E-state index contributed by atoms with van der Waals surface area (Å²) in [4.78, 5) is 11.0. The number of benzene rings is 2. The van der Waals surface area contributed by atoms with Crippen LogP contribution < -0.4 is 0 Å². The van der Waals surface area contributed by atoms with Gasteiger partial charge in [-0.1, -0.05) is 6.07 Å². The first-order valence-electron chi connectivity index (χ1n) is 4.97. The Bertz CT molecular complexity index is 624. The average Bonchev–Trinajstić information content (AvgIpc) is 2.32. The second-order valence-corrected chi connectivity index (χ2v) is 3.62. The van der Waals surface area contributed by atoms with Crippen molar-refractivity contribution in [2.24, 2.45) is 0 Å². The predicted octanol–water partition coefficient (Wildman–Crippen LogP) is 3.47. The minimum absolute atomic E-state index is 0.0686. The molecule has 0 aliphatic heterocycles. The highest BCUT2D eigenvalue weighted by Crippen LogP contribution is 2.27. The van der Waals surface area contributed by atoms with Crippen LogP contribution in [0.1, 0.15) is 10.4 Å². The number of hydrogen-bond donors (Lipinski definition) is 1. The molecule has 0 amide bonds. The summed E-state index contributed by atoms with van der Waals surface area (Å²) in [6.07, 6.45) is 0. The lowest BCUT2D eigenvalue weighted by Crippen LogP contribution is -2.01. The van der Waals surface area contributed by atoms with E-state index in [0.29, 0.717) is 0 Å². The van der Waals surface area contributed by atoms with Gasteiger partial charge in [-0.3, -0.25) is 0 Å². The lowest BCUT2D eigenvalue weighted by Gasteiger charge is -2.07. The van der Waals surface area contributed by atoms with Gasteiger partial charge in [-0.15, -0.1) is 0 Å². The van der Waals surface area contributed by atoms with Gasteiger partial charge in [0, 0.05) is 5.56 Å². The molecule has 5 heteroatoms. The van der Waals surface area contributed by atoms with Crippen LogP contribution in [-0.2, 0) is 0 Å². The van der Waals surface area contributed by atoms with E-state index in [1.807, 2.05) is 0 Å². The first kappa shape index (κ1) is 12.2. The smallest absolute Gasteiger partial charge is 0.336 e. The van der Waals surface area contributed by atoms with Crippen molar-refractivity contribution in [1.29, 1.82) is 0 Å². The first-order chi connectivity index (χ1) is 8.49. The van der Waals surface area contributed by atoms with E-state index in [1.54, 1.807) is 0 Å².